The van der Waals surface area contributed by atoms with Gasteiger partial charge in [-0.2, -0.15) is 0 Å². The Hall–Kier alpha value is -3.61. The molecule has 0 spiro atoms. The standard InChI is InChI=1S/C42H57NO6/c1-3-6-30-7-11-32(12-8-30)33-15-17-34(18-16-33)36-19-24-40(37(27-36)28-43)48-29-31-9-13-35(14-10-31)42(45)49-39-22-20-38(21-23-39)46-25-5-26-47-41(44)4-2/h4,19-24,27-28,30-35,43H,2-3,5-18,25-26,29H2,1H3. The zero-order chi connectivity index (χ0) is 34.4. The minimum absolute atomic E-state index is 0.118. The van der Waals surface area contributed by atoms with E-state index in [0.29, 0.717) is 43.0 Å². The van der Waals surface area contributed by atoms with Gasteiger partial charge in [0.05, 0.1) is 25.7 Å². The zero-order valence-electron chi connectivity index (χ0n) is 29.5. The first kappa shape index (κ1) is 36.7. The minimum atomic E-state index is -0.442. The molecule has 0 bridgehead atoms. The highest BCUT2D eigenvalue weighted by Gasteiger charge is 2.32. The Morgan fingerprint density at radius 2 is 1.45 bits per heavy atom. The van der Waals surface area contributed by atoms with Gasteiger partial charge in [-0.3, -0.25) is 4.79 Å². The first-order valence-corrected chi connectivity index (χ1v) is 19.0. The van der Waals surface area contributed by atoms with Crippen LogP contribution in [-0.2, 0) is 14.3 Å². The van der Waals surface area contributed by atoms with Crippen LogP contribution in [0.2, 0.25) is 0 Å². The van der Waals surface area contributed by atoms with E-state index < -0.39 is 5.97 Å². The lowest BCUT2D eigenvalue weighted by molar-refractivity contribution is -0.140. The number of hydrogen-bond acceptors (Lipinski definition) is 7. The lowest BCUT2D eigenvalue weighted by Gasteiger charge is -2.38. The van der Waals surface area contributed by atoms with Crippen LogP contribution in [0.15, 0.2) is 55.1 Å². The van der Waals surface area contributed by atoms with Gasteiger partial charge in [0.25, 0.3) is 0 Å². The van der Waals surface area contributed by atoms with Crippen LogP contribution < -0.4 is 14.2 Å². The average Bonchev–Trinajstić information content (AvgIpc) is 3.15. The van der Waals surface area contributed by atoms with Crippen LogP contribution in [-0.4, -0.2) is 38.0 Å². The molecule has 5 rings (SSSR count). The summed E-state index contributed by atoms with van der Waals surface area (Å²) in [6.45, 7) is 6.97. The van der Waals surface area contributed by atoms with Crippen molar-refractivity contribution in [1.82, 2.24) is 0 Å². The number of hydrogen-bond donors (Lipinski definition) is 1. The molecule has 0 radical (unpaired) electrons. The van der Waals surface area contributed by atoms with Crippen LogP contribution in [0.25, 0.3) is 0 Å². The third-order valence-corrected chi connectivity index (χ3v) is 11.4. The first-order chi connectivity index (χ1) is 23.9. The van der Waals surface area contributed by atoms with E-state index in [2.05, 4.69) is 31.7 Å². The third-order valence-electron chi connectivity index (χ3n) is 11.4. The first-order valence-electron chi connectivity index (χ1n) is 19.0. The summed E-state index contributed by atoms with van der Waals surface area (Å²) in [5.41, 5.74) is 2.23. The molecule has 0 atom stereocenters. The van der Waals surface area contributed by atoms with Crippen LogP contribution >= 0.6 is 0 Å². The summed E-state index contributed by atoms with van der Waals surface area (Å²) < 4.78 is 22.6. The van der Waals surface area contributed by atoms with Crippen molar-refractivity contribution in [2.24, 2.45) is 29.6 Å². The van der Waals surface area contributed by atoms with Gasteiger partial charge in [-0.1, -0.05) is 45.3 Å². The zero-order valence-corrected chi connectivity index (χ0v) is 29.5. The smallest absolute Gasteiger partial charge is 0.330 e. The van der Waals surface area contributed by atoms with E-state index in [1.54, 1.807) is 24.3 Å². The lowest BCUT2D eigenvalue weighted by Crippen LogP contribution is -2.27. The Morgan fingerprint density at radius 1 is 0.796 bits per heavy atom. The average molecular weight is 672 g/mol. The van der Waals surface area contributed by atoms with Gasteiger partial charge in [0.15, 0.2) is 0 Å². The van der Waals surface area contributed by atoms with Crippen LogP contribution in [0, 0.1) is 35.0 Å². The summed E-state index contributed by atoms with van der Waals surface area (Å²) in [4.78, 5) is 24.0. The molecule has 3 aliphatic carbocycles. The normalized spacial score (nSPS) is 25.5. The van der Waals surface area contributed by atoms with Crippen molar-refractivity contribution in [3.8, 4) is 17.2 Å². The van der Waals surface area contributed by atoms with Crippen molar-refractivity contribution in [2.45, 2.75) is 109 Å². The minimum Gasteiger partial charge on any atom is -0.493 e. The van der Waals surface area contributed by atoms with Gasteiger partial charge >= 0.3 is 11.9 Å². The molecule has 0 amide bonds. The molecule has 3 fully saturated rings. The fourth-order valence-corrected chi connectivity index (χ4v) is 8.40. The van der Waals surface area contributed by atoms with Crippen LogP contribution in [0.5, 0.6) is 17.2 Å². The quantitative estimate of drug-likeness (QED) is 0.0628. The molecular formula is C42H57NO6. The second-order valence-electron chi connectivity index (χ2n) is 14.6. The summed E-state index contributed by atoms with van der Waals surface area (Å²) in [6, 6.07) is 13.5. The van der Waals surface area contributed by atoms with E-state index in [4.69, 9.17) is 24.4 Å². The van der Waals surface area contributed by atoms with Crippen LogP contribution in [0.1, 0.15) is 120 Å². The highest BCUT2D eigenvalue weighted by molar-refractivity contribution is 5.82. The molecule has 7 nitrogen and oxygen atoms in total. The SMILES string of the molecule is C=CC(=O)OCCCOc1ccc(OC(=O)C2CCC(COc3ccc(C4CCC(C5CCC(CCC)CC5)CC4)cc3C=N)CC2)cc1. The number of rotatable bonds is 16. The highest BCUT2D eigenvalue weighted by Crippen LogP contribution is 2.45. The number of nitrogens with one attached hydrogen (secondary N) is 1. The molecule has 1 N–H and O–H groups in total. The Labute approximate surface area is 293 Å². The molecule has 2 aromatic carbocycles. The summed E-state index contributed by atoms with van der Waals surface area (Å²) >= 11 is 0. The predicted molar refractivity (Wildman–Crippen MR) is 194 cm³/mol. The van der Waals surface area contributed by atoms with Gasteiger partial charge in [-0.15, -0.1) is 0 Å². The van der Waals surface area contributed by atoms with E-state index in [-0.39, 0.29) is 18.5 Å². The molecular weight excluding hydrogens is 614 g/mol. The van der Waals surface area contributed by atoms with E-state index in [0.717, 1.165) is 60.8 Å². The third kappa shape index (κ3) is 10.9. The Kier molecular flexibility index (Phi) is 14.2. The van der Waals surface area contributed by atoms with Crippen molar-refractivity contribution in [2.75, 3.05) is 19.8 Å². The van der Waals surface area contributed by atoms with Crippen LogP contribution in [0.4, 0.5) is 0 Å². The van der Waals surface area contributed by atoms with Crippen molar-refractivity contribution >= 4 is 18.2 Å². The molecule has 266 valence electrons. The Bertz CT molecular complexity index is 1350. The molecule has 0 unspecified atom stereocenters. The van der Waals surface area contributed by atoms with Gasteiger partial charge < -0.3 is 24.4 Å². The van der Waals surface area contributed by atoms with E-state index in [1.807, 2.05) is 0 Å². The van der Waals surface area contributed by atoms with Gasteiger partial charge in [0.2, 0.25) is 0 Å². The molecule has 0 aliphatic heterocycles. The molecule has 49 heavy (non-hydrogen) atoms. The highest BCUT2D eigenvalue weighted by atomic mass is 16.5. The van der Waals surface area contributed by atoms with E-state index in [9.17, 15) is 9.59 Å². The number of benzene rings is 2. The molecule has 3 saturated carbocycles. The van der Waals surface area contributed by atoms with Crippen molar-refractivity contribution < 1.29 is 28.5 Å². The number of carbonyl (C=O) groups excluding carboxylic acids is 2. The maximum absolute atomic E-state index is 12.9. The van der Waals surface area contributed by atoms with Crippen LogP contribution in [0.3, 0.4) is 0 Å². The summed E-state index contributed by atoms with van der Waals surface area (Å²) in [5.74, 6) is 5.02. The van der Waals surface area contributed by atoms with E-state index in [1.165, 1.54) is 76.0 Å². The summed E-state index contributed by atoms with van der Waals surface area (Å²) in [5, 5.41) is 8.09. The fourth-order valence-electron chi connectivity index (χ4n) is 8.40. The molecule has 2 aromatic rings. The molecule has 0 aromatic heterocycles. The molecule has 3 aliphatic rings. The van der Waals surface area contributed by atoms with E-state index >= 15 is 0 Å². The maximum atomic E-state index is 12.9. The monoisotopic (exact) mass is 671 g/mol. The second kappa shape index (κ2) is 19.0. The number of carbonyl (C=O) groups is 2. The lowest BCUT2D eigenvalue weighted by atomic mass is 9.68. The van der Waals surface area contributed by atoms with Gasteiger partial charge in [0.1, 0.15) is 17.2 Å². The molecule has 0 heterocycles. The Morgan fingerprint density at radius 3 is 2.10 bits per heavy atom. The molecule has 0 saturated heterocycles. The van der Waals surface area contributed by atoms with Crippen molar-refractivity contribution in [3.05, 3.63) is 66.2 Å². The van der Waals surface area contributed by atoms with Gasteiger partial charge in [-0.05, 0) is 136 Å². The predicted octanol–water partition coefficient (Wildman–Crippen LogP) is 9.85. The number of esters is 2. The van der Waals surface area contributed by atoms with Crippen molar-refractivity contribution in [1.29, 1.82) is 5.41 Å². The summed E-state index contributed by atoms with van der Waals surface area (Å²) in [6.07, 6.45) is 20.3. The largest absolute Gasteiger partial charge is 0.493 e. The fraction of sp³-hybridized carbons (Fsp3) is 0.595. The van der Waals surface area contributed by atoms with Crippen molar-refractivity contribution in [3.63, 3.8) is 0 Å². The van der Waals surface area contributed by atoms with Gasteiger partial charge in [-0.25, -0.2) is 4.79 Å². The number of ether oxygens (including phenoxy) is 4. The maximum Gasteiger partial charge on any atom is 0.330 e. The Balaban J connectivity index is 0.994. The topological polar surface area (TPSA) is 94.9 Å². The molecule has 7 heteroatoms. The summed E-state index contributed by atoms with van der Waals surface area (Å²) in [7, 11) is 0. The second-order valence-corrected chi connectivity index (χ2v) is 14.6. The van der Waals surface area contributed by atoms with Gasteiger partial charge in [0, 0.05) is 24.3 Å².